The van der Waals surface area contributed by atoms with Crippen LogP contribution >= 0.6 is 23.2 Å². The molecule has 1 aromatic rings. The number of nitrogens with zero attached hydrogens (tertiary/aromatic N) is 1. The zero-order valence-corrected chi connectivity index (χ0v) is 20.2. The number of carbonyl (C=O) groups is 2. The van der Waals surface area contributed by atoms with Gasteiger partial charge in [0, 0.05) is 18.7 Å². The number of halogens is 2. The number of methoxy groups -OCH3 is 1. The molecule has 1 aliphatic carbocycles. The minimum atomic E-state index is -0.108. The van der Waals surface area contributed by atoms with E-state index in [2.05, 4.69) is 0 Å². The first-order chi connectivity index (χ1) is 15.3. The number of ether oxygens (including phenoxy) is 3. The van der Waals surface area contributed by atoms with Gasteiger partial charge in [-0.2, -0.15) is 0 Å². The quantitative estimate of drug-likeness (QED) is 0.442. The Labute approximate surface area is 199 Å². The van der Waals surface area contributed by atoms with Gasteiger partial charge >= 0.3 is 5.97 Å². The minimum Gasteiger partial charge on any atom is -0.466 e. The lowest BCUT2D eigenvalue weighted by Crippen LogP contribution is -2.40. The number of benzene rings is 1. The van der Waals surface area contributed by atoms with E-state index in [0.717, 1.165) is 32.1 Å². The molecule has 1 saturated carbocycles. The fraction of sp³-hybridized carbons (Fsp3) is 0.652. The van der Waals surface area contributed by atoms with E-state index in [4.69, 9.17) is 43.1 Å². The molecule has 0 aromatic heterocycles. The average Bonchev–Trinajstić information content (AvgIpc) is 3.20. The van der Waals surface area contributed by atoms with E-state index < -0.39 is 0 Å². The lowest BCUT2D eigenvalue weighted by Gasteiger charge is -2.30. The van der Waals surface area contributed by atoms with Crippen LogP contribution in [0.1, 0.15) is 44.6 Å². The van der Waals surface area contributed by atoms with Gasteiger partial charge in [-0.15, -0.1) is 0 Å². The average molecular weight is 487 g/mol. The van der Waals surface area contributed by atoms with Gasteiger partial charge in [-0.3, -0.25) is 9.59 Å². The van der Waals surface area contributed by atoms with E-state index in [1.807, 2.05) is 11.8 Å². The number of likely N-dealkylation sites (tertiary alicyclic amines) is 1. The minimum absolute atomic E-state index is 0.0300. The highest BCUT2D eigenvalue weighted by atomic mass is 35.5. The van der Waals surface area contributed by atoms with Crippen LogP contribution in [0.5, 0.6) is 0 Å². The summed E-state index contributed by atoms with van der Waals surface area (Å²) in [7, 11) is 1.66. The summed E-state index contributed by atoms with van der Waals surface area (Å²) in [6, 6.07) is 3.15. The predicted octanol–water partition coefficient (Wildman–Crippen LogP) is 3.87. The van der Waals surface area contributed by atoms with Crippen molar-refractivity contribution in [3.63, 3.8) is 0 Å². The Morgan fingerprint density at radius 2 is 1.84 bits per heavy atom. The van der Waals surface area contributed by atoms with Crippen LogP contribution in [-0.4, -0.2) is 61.9 Å². The summed E-state index contributed by atoms with van der Waals surface area (Å²) in [4.78, 5) is 26.8. The van der Waals surface area contributed by atoms with Crippen LogP contribution in [0.25, 0.3) is 0 Å². The van der Waals surface area contributed by atoms with Crippen molar-refractivity contribution in [1.29, 1.82) is 0 Å². The summed E-state index contributed by atoms with van der Waals surface area (Å²) in [5, 5.41) is 0.806. The summed E-state index contributed by atoms with van der Waals surface area (Å²) in [6.07, 6.45) is 4.09. The number of carbonyl (C=O) groups excluding carboxylic acids is 2. The Morgan fingerprint density at radius 3 is 2.50 bits per heavy atom. The highest BCUT2D eigenvalue weighted by Gasteiger charge is 2.36. The third kappa shape index (κ3) is 6.28. The van der Waals surface area contributed by atoms with Crippen molar-refractivity contribution in [2.45, 2.75) is 63.7 Å². The standard InChI is InChI=1S/C23H32Cl2N2O5/c1-3-31-23(29)14-4-6-17(7-5-14)32-13-16-10-18(30-2)12-27(16)22(28)9-15-8-20(25)21(26)11-19(15)24/h8,11,14,16-18H,3-7,9-10,12-13,26H2,1-2H3/t14?,16-,17?,18-/m0/s1. The van der Waals surface area contributed by atoms with Crippen LogP contribution in [0.4, 0.5) is 5.69 Å². The second-order valence-corrected chi connectivity index (χ2v) is 9.31. The van der Waals surface area contributed by atoms with Crippen LogP contribution < -0.4 is 5.73 Å². The SMILES string of the molecule is CCOC(=O)C1CCC(OC[C@@H]2C[C@H](OC)CN2C(=O)Cc2cc(Cl)c(N)cc2Cl)CC1. The molecule has 1 saturated heterocycles. The fourth-order valence-corrected chi connectivity index (χ4v) is 4.91. The largest absolute Gasteiger partial charge is 0.466 e. The molecule has 0 spiro atoms. The summed E-state index contributed by atoms with van der Waals surface area (Å²) in [5.74, 6) is -0.191. The molecule has 0 bridgehead atoms. The Bertz CT molecular complexity index is 814. The molecule has 2 fully saturated rings. The van der Waals surface area contributed by atoms with Gasteiger partial charge < -0.3 is 24.8 Å². The molecule has 9 heteroatoms. The van der Waals surface area contributed by atoms with Crippen LogP contribution in [-0.2, 0) is 30.2 Å². The van der Waals surface area contributed by atoms with Crippen molar-refractivity contribution in [2.24, 2.45) is 5.92 Å². The molecule has 2 atom stereocenters. The molecule has 178 valence electrons. The number of amides is 1. The first-order valence-corrected chi connectivity index (χ1v) is 11.9. The molecular weight excluding hydrogens is 455 g/mol. The molecule has 1 aromatic carbocycles. The molecule has 3 rings (SSSR count). The van der Waals surface area contributed by atoms with Crippen molar-refractivity contribution in [3.05, 3.63) is 27.7 Å². The zero-order chi connectivity index (χ0) is 23.3. The van der Waals surface area contributed by atoms with E-state index in [1.165, 1.54) is 0 Å². The van der Waals surface area contributed by atoms with Gasteiger partial charge in [0.15, 0.2) is 0 Å². The lowest BCUT2D eigenvalue weighted by atomic mass is 9.87. The van der Waals surface area contributed by atoms with E-state index >= 15 is 0 Å². The third-order valence-corrected chi connectivity index (χ3v) is 7.03. The molecule has 0 unspecified atom stereocenters. The third-order valence-electron chi connectivity index (χ3n) is 6.36. The first-order valence-electron chi connectivity index (χ1n) is 11.2. The van der Waals surface area contributed by atoms with E-state index in [9.17, 15) is 9.59 Å². The number of anilines is 1. The second-order valence-electron chi connectivity index (χ2n) is 8.49. The summed E-state index contributed by atoms with van der Waals surface area (Å²) in [6.45, 7) is 3.19. The maximum atomic E-state index is 13.1. The number of hydrogen-bond donors (Lipinski definition) is 1. The molecular formula is C23H32Cl2N2O5. The number of hydrogen-bond acceptors (Lipinski definition) is 6. The van der Waals surface area contributed by atoms with E-state index in [0.29, 0.717) is 41.1 Å². The van der Waals surface area contributed by atoms with Crippen molar-refractivity contribution < 1.29 is 23.8 Å². The van der Waals surface area contributed by atoms with Crippen molar-refractivity contribution in [3.8, 4) is 0 Å². The molecule has 32 heavy (non-hydrogen) atoms. The molecule has 7 nitrogen and oxygen atoms in total. The van der Waals surface area contributed by atoms with Gasteiger partial charge in [-0.05, 0) is 56.7 Å². The van der Waals surface area contributed by atoms with Crippen molar-refractivity contribution in [1.82, 2.24) is 4.90 Å². The Hall–Kier alpha value is -1.54. The monoisotopic (exact) mass is 486 g/mol. The summed E-state index contributed by atoms with van der Waals surface area (Å²) >= 11 is 12.4. The van der Waals surface area contributed by atoms with Gasteiger partial charge in [0.05, 0.1) is 54.5 Å². The smallest absolute Gasteiger partial charge is 0.308 e. The van der Waals surface area contributed by atoms with Crippen LogP contribution in [0.15, 0.2) is 12.1 Å². The topological polar surface area (TPSA) is 91.1 Å². The predicted molar refractivity (Wildman–Crippen MR) is 124 cm³/mol. The summed E-state index contributed by atoms with van der Waals surface area (Å²) in [5.41, 5.74) is 6.81. The highest BCUT2D eigenvalue weighted by molar-refractivity contribution is 6.35. The fourth-order valence-electron chi connectivity index (χ4n) is 4.48. The molecule has 0 radical (unpaired) electrons. The first kappa shape index (κ1) is 25.1. The van der Waals surface area contributed by atoms with Gasteiger partial charge in [-0.1, -0.05) is 23.2 Å². The van der Waals surface area contributed by atoms with E-state index in [-0.39, 0.29) is 42.5 Å². The van der Waals surface area contributed by atoms with Gasteiger partial charge in [-0.25, -0.2) is 0 Å². The Morgan fingerprint density at radius 1 is 1.12 bits per heavy atom. The van der Waals surface area contributed by atoms with Crippen molar-refractivity contribution >= 4 is 40.8 Å². The number of rotatable bonds is 8. The normalized spacial score (nSPS) is 25.7. The lowest BCUT2D eigenvalue weighted by molar-refractivity contribution is -0.150. The second kappa shape index (κ2) is 11.5. The van der Waals surface area contributed by atoms with Gasteiger partial charge in [0.1, 0.15) is 0 Å². The van der Waals surface area contributed by atoms with E-state index in [1.54, 1.807) is 19.2 Å². The number of nitrogen functional groups attached to an aromatic ring is 1. The zero-order valence-electron chi connectivity index (χ0n) is 18.6. The Kier molecular flexibility index (Phi) is 9.05. The molecule has 2 N–H and O–H groups in total. The van der Waals surface area contributed by atoms with Crippen molar-refractivity contribution in [2.75, 3.05) is 32.6 Å². The Balaban J connectivity index is 1.55. The molecule has 1 amide bonds. The number of esters is 1. The van der Waals surface area contributed by atoms with Crippen LogP contribution in [0.2, 0.25) is 10.0 Å². The van der Waals surface area contributed by atoms with Gasteiger partial charge in [0.2, 0.25) is 5.91 Å². The molecule has 1 aliphatic heterocycles. The van der Waals surface area contributed by atoms with Crippen LogP contribution in [0, 0.1) is 5.92 Å². The number of nitrogens with two attached hydrogens (primary N) is 1. The molecule has 2 aliphatic rings. The van der Waals surface area contributed by atoms with Gasteiger partial charge in [0.25, 0.3) is 0 Å². The van der Waals surface area contributed by atoms with Crippen LogP contribution in [0.3, 0.4) is 0 Å². The maximum Gasteiger partial charge on any atom is 0.308 e. The maximum absolute atomic E-state index is 13.1. The molecule has 1 heterocycles. The highest BCUT2D eigenvalue weighted by Crippen LogP contribution is 2.30. The summed E-state index contributed by atoms with van der Waals surface area (Å²) < 4.78 is 16.8.